The third-order valence-electron chi connectivity index (χ3n) is 4.99. The summed E-state index contributed by atoms with van der Waals surface area (Å²) in [7, 11) is -3.29. The Hall–Kier alpha value is -0.140. The van der Waals surface area contributed by atoms with E-state index in [0.29, 0.717) is 6.42 Å². The highest BCUT2D eigenvalue weighted by atomic mass is 79.9. The zero-order valence-electron chi connectivity index (χ0n) is 12.7. The van der Waals surface area contributed by atoms with Crippen LogP contribution in [0.4, 0.5) is 0 Å². The van der Waals surface area contributed by atoms with Gasteiger partial charge in [-0.1, -0.05) is 15.9 Å². The molecule has 6 unspecified atom stereocenters. The molecular formula is C14H22BrNO4S. The number of halogens is 1. The highest BCUT2D eigenvalue weighted by Crippen LogP contribution is 2.58. The summed E-state index contributed by atoms with van der Waals surface area (Å²) in [5.41, 5.74) is -0.486. The van der Waals surface area contributed by atoms with Crippen molar-refractivity contribution in [2.75, 3.05) is 0 Å². The SMILES string of the molecule is CC(Br)C(=O)OC1C2CC3C1N(C(C)(C)C)S(=O)(=O)C3C2. The maximum atomic E-state index is 12.8. The quantitative estimate of drug-likeness (QED) is 0.542. The number of nitrogens with zero attached hydrogens (tertiary/aromatic N) is 1. The molecule has 2 bridgehead atoms. The summed E-state index contributed by atoms with van der Waals surface area (Å²) in [6.45, 7) is 7.46. The van der Waals surface area contributed by atoms with Crippen LogP contribution in [-0.2, 0) is 19.6 Å². The molecule has 0 radical (unpaired) electrons. The van der Waals surface area contributed by atoms with Crippen LogP contribution in [0.1, 0.15) is 40.5 Å². The first-order valence-electron chi connectivity index (χ1n) is 7.43. The van der Waals surface area contributed by atoms with Crippen molar-refractivity contribution in [3.63, 3.8) is 0 Å². The summed E-state index contributed by atoms with van der Waals surface area (Å²) < 4.78 is 32.9. The van der Waals surface area contributed by atoms with Crippen molar-refractivity contribution in [3.05, 3.63) is 0 Å². The van der Waals surface area contributed by atoms with Gasteiger partial charge in [-0.25, -0.2) is 8.42 Å². The Bertz CT molecular complexity index is 568. The molecule has 0 aromatic heterocycles. The number of ether oxygens (including phenoxy) is 1. The van der Waals surface area contributed by atoms with E-state index in [4.69, 9.17) is 4.74 Å². The molecule has 0 N–H and O–H groups in total. The summed E-state index contributed by atoms with van der Waals surface area (Å²) in [6, 6.07) is -0.186. The molecule has 2 saturated carbocycles. The van der Waals surface area contributed by atoms with E-state index >= 15 is 0 Å². The molecule has 5 nitrogen and oxygen atoms in total. The van der Waals surface area contributed by atoms with Crippen LogP contribution in [0.25, 0.3) is 0 Å². The van der Waals surface area contributed by atoms with E-state index < -0.39 is 15.6 Å². The zero-order chi connectivity index (χ0) is 15.7. The lowest BCUT2D eigenvalue weighted by Gasteiger charge is -2.37. The Kier molecular flexibility index (Phi) is 3.51. The van der Waals surface area contributed by atoms with E-state index in [-0.39, 0.29) is 40.0 Å². The van der Waals surface area contributed by atoms with Crippen molar-refractivity contribution in [3.8, 4) is 0 Å². The molecule has 7 heteroatoms. The molecule has 3 aliphatic rings. The summed E-state index contributed by atoms with van der Waals surface area (Å²) in [4.78, 5) is 11.6. The molecule has 120 valence electrons. The maximum Gasteiger partial charge on any atom is 0.319 e. The fourth-order valence-electron chi connectivity index (χ4n) is 4.41. The molecule has 1 saturated heterocycles. The molecule has 0 amide bonds. The molecule has 6 atom stereocenters. The number of fused-ring (bicyclic) bond motifs is 1. The smallest absolute Gasteiger partial charge is 0.319 e. The monoisotopic (exact) mass is 379 g/mol. The van der Waals surface area contributed by atoms with Gasteiger partial charge in [-0.3, -0.25) is 4.79 Å². The molecule has 0 aromatic carbocycles. The van der Waals surface area contributed by atoms with Gasteiger partial charge in [0.2, 0.25) is 10.0 Å². The van der Waals surface area contributed by atoms with Crippen LogP contribution in [0, 0.1) is 11.8 Å². The summed E-state index contributed by atoms with van der Waals surface area (Å²) >= 11 is 3.22. The van der Waals surface area contributed by atoms with Crippen molar-refractivity contribution < 1.29 is 17.9 Å². The highest BCUT2D eigenvalue weighted by molar-refractivity contribution is 9.10. The van der Waals surface area contributed by atoms with Crippen LogP contribution in [0.3, 0.4) is 0 Å². The maximum absolute atomic E-state index is 12.8. The number of sulfonamides is 1. The van der Waals surface area contributed by atoms with E-state index in [2.05, 4.69) is 15.9 Å². The fourth-order valence-corrected chi connectivity index (χ4v) is 7.39. The predicted octanol–water partition coefficient (Wildman–Crippen LogP) is 1.90. The number of esters is 1. The van der Waals surface area contributed by atoms with Gasteiger partial charge in [0.25, 0.3) is 0 Å². The van der Waals surface area contributed by atoms with Crippen LogP contribution >= 0.6 is 15.9 Å². The van der Waals surface area contributed by atoms with E-state index in [1.165, 1.54) is 0 Å². The van der Waals surface area contributed by atoms with Gasteiger partial charge in [-0.05, 0) is 52.4 Å². The van der Waals surface area contributed by atoms with Crippen LogP contribution in [0.15, 0.2) is 0 Å². The summed E-state index contributed by atoms with van der Waals surface area (Å²) in [6.07, 6.45) is 1.19. The number of rotatable bonds is 2. The van der Waals surface area contributed by atoms with E-state index in [9.17, 15) is 13.2 Å². The third-order valence-corrected chi connectivity index (χ3v) is 8.01. The van der Waals surface area contributed by atoms with Gasteiger partial charge in [0.05, 0.1) is 11.3 Å². The lowest BCUT2D eigenvalue weighted by Crippen LogP contribution is -2.52. The number of alkyl halides is 1. The van der Waals surface area contributed by atoms with Crippen molar-refractivity contribution in [2.45, 2.75) is 68.3 Å². The van der Waals surface area contributed by atoms with Gasteiger partial charge in [0.1, 0.15) is 10.9 Å². The number of hydrogen-bond donors (Lipinski definition) is 0. The molecular weight excluding hydrogens is 358 g/mol. The second-order valence-electron chi connectivity index (χ2n) is 7.45. The largest absolute Gasteiger partial charge is 0.460 e. The standard InChI is InChI=1S/C14H22BrNO4S/c1-7(15)13(17)20-12-8-5-9-10(6-8)21(18,19)16(11(9)12)14(2,3)4/h7-12H,5-6H2,1-4H3. The Morgan fingerprint density at radius 2 is 1.95 bits per heavy atom. The predicted molar refractivity (Wildman–Crippen MR) is 82.6 cm³/mol. The van der Waals surface area contributed by atoms with Crippen LogP contribution in [0.2, 0.25) is 0 Å². The minimum atomic E-state index is -3.29. The summed E-state index contributed by atoms with van der Waals surface area (Å²) in [5.74, 6) is -0.00719. The van der Waals surface area contributed by atoms with Crippen molar-refractivity contribution in [1.82, 2.24) is 4.31 Å². The first-order chi connectivity index (χ1) is 9.55. The molecule has 21 heavy (non-hydrogen) atoms. The Balaban J connectivity index is 1.96. The first kappa shape index (κ1) is 15.7. The zero-order valence-corrected chi connectivity index (χ0v) is 15.1. The van der Waals surface area contributed by atoms with Crippen LogP contribution < -0.4 is 0 Å². The van der Waals surface area contributed by atoms with Crippen molar-refractivity contribution in [2.24, 2.45) is 11.8 Å². The van der Waals surface area contributed by atoms with Gasteiger partial charge in [0.15, 0.2) is 0 Å². The highest BCUT2D eigenvalue weighted by Gasteiger charge is 2.69. The lowest BCUT2D eigenvalue weighted by atomic mass is 9.90. The molecule has 2 aliphatic carbocycles. The van der Waals surface area contributed by atoms with Gasteiger partial charge in [-0.15, -0.1) is 0 Å². The second-order valence-corrected chi connectivity index (χ2v) is 10.9. The Morgan fingerprint density at radius 3 is 2.48 bits per heavy atom. The first-order valence-corrected chi connectivity index (χ1v) is 9.85. The van der Waals surface area contributed by atoms with E-state index in [1.807, 2.05) is 20.8 Å². The molecule has 1 aliphatic heterocycles. The minimum absolute atomic E-state index is 0.114. The van der Waals surface area contributed by atoms with E-state index in [0.717, 1.165) is 6.42 Å². The average Bonchev–Trinajstić information content (AvgIpc) is 2.90. The number of carbonyl (C=O) groups is 1. The van der Waals surface area contributed by atoms with Gasteiger partial charge >= 0.3 is 5.97 Å². The van der Waals surface area contributed by atoms with E-state index in [1.54, 1.807) is 11.2 Å². The van der Waals surface area contributed by atoms with Gasteiger partial charge in [-0.2, -0.15) is 4.31 Å². The van der Waals surface area contributed by atoms with Gasteiger partial charge < -0.3 is 4.74 Å². The molecule has 0 spiro atoms. The van der Waals surface area contributed by atoms with Crippen molar-refractivity contribution in [1.29, 1.82) is 0 Å². The third kappa shape index (κ3) is 2.18. The normalized spacial score (nSPS) is 42.2. The molecule has 3 fully saturated rings. The Morgan fingerprint density at radius 1 is 1.33 bits per heavy atom. The number of carbonyl (C=O) groups excluding carboxylic acids is 1. The summed E-state index contributed by atoms with van der Waals surface area (Å²) in [5, 5.41) is -0.275. The van der Waals surface area contributed by atoms with Gasteiger partial charge in [0, 0.05) is 5.54 Å². The molecule has 3 rings (SSSR count). The minimum Gasteiger partial charge on any atom is -0.460 e. The van der Waals surface area contributed by atoms with Crippen molar-refractivity contribution >= 4 is 31.9 Å². The Labute approximate surface area is 134 Å². The topological polar surface area (TPSA) is 63.7 Å². The second kappa shape index (κ2) is 4.68. The van der Waals surface area contributed by atoms with Crippen LogP contribution in [-0.4, -0.2) is 46.5 Å². The fraction of sp³-hybridized carbons (Fsp3) is 0.929. The lowest BCUT2D eigenvalue weighted by molar-refractivity contribution is -0.153. The van der Waals surface area contributed by atoms with Crippen LogP contribution in [0.5, 0.6) is 0 Å². The number of hydrogen-bond acceptors (Lipinski definition) is 4. The average molecular weight is 380 g/mol. The molecule has 1 heterocycles. The molecule has 0 aromatic rings.